The van der Waals surface area contributed by atoms with Gasteiger partial charge in [0.05, 0.1) is 22.0 Å². The monoisotopic (exact) mass is 379 g/mol. The zero-order valence-corrected chi connectivity index (χ0v) is 14.5. The van der Waals surface area contributed by atoms with Crippen LogP contribution in [0, 0.1) is 0 Å². The number of hydrogen-bond acceptors (Lipinski definition) is 5. The van der Waals surface area contributed by atoms with E-state index in [1.54, 1.807) is 18.2 Å². The quantitative estimate of drug-likeness (QED) is 0.405. The molecule has 8 heteroatoms. The number of benzene rings is 2. The van der Waals surface area contributed by atoms with Crippen molar-refractivity contribution in [3.63, 3.8) is 0 Å². The number of aromatic nitrogens is 1. The van der Waals surface area contributed by atoms with Gasteiger partial charge in [0.15, 0.2) is 5.58 Å². The molecule has 1 N–H and O–H groups in total. The Labute approximate surface area is 152 Å². The van der Waals surface area contributed by atoms with Crippen LogP contribution in [0.4, 0.5) is 0 Å². The summed E-state index contributed by atoms with van der Waals surface area (Å²) >= 11 is 12.9. The van der Waals surface area contributed by atoms with Gasteiger partial charge in [-0.05, 0) is 29.8 Å². The molecule has 0 aliphatic carbocycles. The van der Waals surface area contributed by atoms with Crippen molar-refractivity contribution in [2.75, 3.05) is 5.75 Å². The largest absolute Gasteiger partial charge is 0.431 e. The summed E-state index contributed by atoms with van der Waals surface area (Å²) in [6.45, 7) is 0. The second-order valence-electron chi connectivity index (χ2n) is 4.70. The van der Waals surface area contributed by atoms with Crippen LogP contribution in [0.15, 0.2) is 57.2 Å². The second-order valence-corrected chi connectivity index (χ2v) is 6.44. The first-order valence-corrected chi connectivity index (χ1v) is 8.61. The maximum absolute atomic E-state index is 11.8. The molecule has 0 fully saturated rings. The van der Waals surface area contributed by atoms with Gasteiger partial charge in [-0.3, -0.25) is 4.79 Å². The maximum Gasteiger partial charge on any atom is 0.257 e. The number of nitrogens with one attached hydrogen (secondary N) is 1. The Morgan fingerprint density at radius 3 is 2.88 bits per heavy atom. The molecule has 0 atom stereocenters. The van der Waals surface area contributed by atoms with Gasteiger partial charge in [0, 0.05) is 0 Å². The molecule has 0 radical (unpaired) electrons. The number of carbonyl (C=O) groups is 1. The summed E-state index contributed by atoms with van der Waals surface area (Å²) in [5, 5.41) is 5.22. The first kappa shape index (κ1) is 16.8. The number of halogens is 2. The van der Waals surface area contributed by atoms with E-state index in [1.165, 1.54) is 18.0 Å². The van der Waals surface area contributed by atoms with E-state index < -0.39 is 0 Å². The minimum atomic E-state index is -0.265. The SMILES string of the molecule is O=C(CSc1nc2ccccc2o1)N/N=C/c1ccc(Cl)c(Cl)c1. The van der Waals surface area contributed by atoms with Crippen LogP contribution in [0.3, 0.4) is 0 Å². The van der Waals surface area contributed by atoms with Crippen LogP contribution >= 0.6 is 35.0 Å². The topological polar surface area (TPSA) is 67.5 Å². The number of para-hydroxylation sites is 2. The van der Waals surface area contributed by atoms with Gasteiger partial charge in [0.1, 0.15) is 5.52 Å². The van der Waals surface area contributed by atoms with E-state index in [2.05, 4.69) is 15.5 Å². The third kappa shape index (κ3) is 4.29. The van der Waals surface area contributed by atoms with Crippen LogP contribution in [0.1, 0.15) is 5.56 Å². The van der Waals surface area contributed by atoms with E-state index in [1.807, 2.05) is 24.3 Å². The average Bonchev–Trinajstić information content (AvgIpc) is 2.99. The van der Waals surface area contributed by atoms with Gasteiger partial charge >= 0.3 is 0 Å². The van der Waals surface area contributed by atoms with Gasteiger partial charge in [-0.15, -0.1) is 0 Å². The third-order valence-corrected chi connectivity index (χ3v) is 4.51. The number of hydrogen-bond donors (Lipinski definition) is 1. The number of fused-ring (bicyclic) bond motifs is 1. The first-order valence-electron chi connectivity index (χ1n) is 6.87. The number of nitrogens with zero attached hydrogens (tertiary/aromatic N) is 2. The highest BCUT2D eigenvalue weighted by molar-refractivity contribution is 7.99. The van der Waals surface area contributed by atoms with Crippen molar-refractivity contribution in [1.29, 1.82) is 0 Å². The number of hydrazone groups is 1. The van der Waals surface area contributed by atoms with Gasteiger partial charge in [-0.2, -0.15) is 5.10 Å². The highest BCUT2D eigenvalue weighted by atomic mass is 35.5. The Morgan fingerprint density at radius 1 is 1.25 bits per heavy atom. The van der Waals surface area contributed by atoms with Crippen LogP contribution in [-0.4, -0.2) is 22.9 Å². The Kier molecular flexibility index (Phi) is 5.40. The highest BCUT2D eigenvalue weighted by Gasteiger charge is 2.08. The van der Waals surface area contributed by atoms with Crippen molar-refractivity contribution in [2.24, 2.45) is 5.10 Å². The lowest BCUT2D eigenvalue weighted by atomic mass is 10.2. The van der Waals surface area contributed by atoms with E-state index in [0.29, 0.717) is 20.9 Å². The van der Waals surface area contributed by atoms with Crippen LogP contribution < -0.4 is 5.43 Å². The fourth-order valence-electron chi connectivity index (χ4n) is 1.84. The van der Waals surface area contributed by atoms with Crippen LogP contribution in [-0.2, 0) is 4.79 Å². The summed E-state index contributed by atoms with van der Waals surface area (Å²) < 4.78 is 5.52. The molecule has 3 aromatic rings. The molecule has 1 aromatic heterocycles. The minimum Gasteiger partial charge on any atom is -0.431 e. The van der Waals surface area contributed by atoms with E-state index in [4.69, 9.17) is 27.6 Å². The molecule has 2 aromatic carbocycles. The maximum atomic E-state index is 11.8. The van der Waals surface area contributed by atoms with E-state index in [9.17, 15) is 4.79 Å². The zero-order valence-electron chi connectivity index (χ0n) is 12.2. The van der Waals surface area contributed by atoms with E-state index in [0.717, 1.165) is 11.1 Å². The summed E-state index contributed by atoms with van der Waals surface area (Å²) in [5.41, 5.74) is 4.62. The van der Waals surface area contributed by atoms with Gasteiger partial charge in [-0.25, -0.2) is 10.4 Å². The zero-order chi connectivity index (χ0) is 16.9. The number of carbonyl (C=O) groups excluding carboxylic acids is 1. The van der Waals surface area contributed by atoms with Gasteiger partial charge in [0.25, 0.3) is 11.1 Å². The molecule has 0 spiro atoms. The van der Waals surface area contributed by atoms with Gasteiger partial charge in [0.2, 0.25) is 0 Å². The molecule has 1 amide bonds. The predicted molar refractivity (Wildman–Crippen MR) is 96.9 cm³/mol. The summed E-state index contributed by atoms with van der Waals surface area (Å²) in [5.74, 6) is -0.121. The molecule has 0 saturated heterocycles. The molecule has 0 unspecified atom stereocenters. The molecule has 0 aliphatic heterocycles. The molecule has 0 saturated carbocycles. The standard InChI is InChI=1S/C16H11Cl2N3O2S/c17-11-6-5-10(7-12(11)18)8-19-21-15(22)9-24-16-20-13-3-1-2-4-14(13)23-16/h1-8H,9H2,(H,21,22)/b19-8+. The number of oxazole rings is 1. The molecule has 3 rings (SSSR count). The van der Waals surface area contributed by atoms with Gasteiger partial charge in [-0.1, -0.05) is 53.2 Å². The Bertz CT molecular complexity index is 878. The van der Waals surface area contributed by atoms with E-state index in [-0.39, 0.29) is 11.7 Å². The molecule has 0 aliphatic rings. The highest BCUT2D eigenvalue weighted by Crippen LogP contribution is 2.23. The Morgan fingerprint density at radius 2 is 2.08 bits per heavy atom. The first-order chi connectivity index (χ1) is 11.6. The summed E-state index contributed by atoms with van der Waals surface area (Å²) in [6, 6.07) is 12.5. The third-order valence-electron chi connectivity index (χ3n) is 2.95. The lowest BCUT2D eigenvalue weighted by Gasteiger charge is -1.99. The van der Waals surface area contributed by atoms with Crippen molar-refractivity contribution < 1.29 is 9.21 Å². The van der Waals surface area contributed by atoms with E-state index >= 15 is 0 Å². The van der Waals surface area contributed by atoms with Crippen LogP contribution in [0.2, 0.25) is 10.0 Å². The molecule has 24 heavy (non-hydrogen) atoms. The average molecular weight is 380 g/mol. The lowest BCUT2D eigenvalue weighted by Crippen LogP contribution is -2.19. The smallest absolute Gasteiger partial charge is 0.257 e. The molecule has 5 nitrogen and oxygen atoms in total. The molecular weight excluding hydrogens is 369 g/mol. The molecule has 1 heterocycles. The van der Waals surface area contributed by atoms with Crippen molar-refractivity contribution in [3.8, 4) is 0 Å². The van der Waals surface area contributed by atoms with Crippen molar-refractivity contribution >= 4 is 58.2 Å². The van der Waals surface area contributed by atoms with Crippen molar-refractivity contribution in [1.82, 2.24) is 10.4 Å². The van der Waals surface area contributed by atoms with Crippen LogP contribution in [0.25, 0.3) is 11.1 Å². The lowest BCUT2D eigenvalue weighted by molar-refractivity contribution is -0.118. The predicted octanol–water partition coefficient (Wildman–Crippen LogP) is 4.38. The molecular formula is C16H11Cl2N3O2S. The summed E-state index contributed by atoms with van der Waals surface area (Å²) in [7, 11) is 0. The number of rotatable bonds is 5. The Balaban J connectivity index is 1.51. The summed E-state index contributed by atoms with van der Waals surface area (Å²) in [4.78, 5) is 16.1. The second kappa shape index (κ2) is 7.70. The van der Waals surface area contributed by atoms with Crippen molar-refractivity contribution in [2.45, 2.75) is 5.22 Å². The fraction of sp³-hybridized carbons (Fsp3) is 0.0625. The number of amides is 1. The summed E-state index contributed by atoms with van der Waals surface area (Å²) in [6.07, 6.45) is 1.49. The normalized spacial score (nSPS) is 11.2. The Hall–Kier alpha value is -2.02. The van der Waals surface area contributed by atoms with Crippen molar-refractivity contribution in [3.05, 3.63) is 58.1 Å². The molecule has 122 valence electrons. The fourth-order valence-corrected chi connectivity index (χ4v) is 2.78. The minimum absolute atomic E-state index is 0.144. The molecule has 0 bridgehead atoms. The van der Waals surface area contributed by atoms with Gasteiger partial charge < -0.3 is 4.42 Å². The van der Waals surface area contributed by atoms with Crippen LogP contribution in [0.5, 0.6) is 0 Å². The number of thioether (sulfide) groups is 1.